The van der Waals surface area contributed by atoms with E-state index in [1.165, 1.54) is 12.0 Å². The van der Waals surface area contributed by atoms with Gasteiger partial charge in [-0.15, -0.1) is 0 Å². The summed E-state index contributed by atoms with van der Waals surface area (Å²) in [4.78, 5) is 58.9. The van der Waals surface area contributed by atoms with Crippen LogP contribution in [0.3, 0.4) is 0 Å². The number of rotatable bonds is 8. The first-order valence-corrected chi connectivity index (χ1v) is 13.3. The van der Waals surface area contributed by atoms with Crippen LogP contribution in [0, 0.1) is 0 Å². The van der Waals surface area contributed by atoms with E-state index in [4.69, 9.17) is 9.47 Å². The van der Waals surface area contributed by atoms with Crippen LogP contribution in [0.25, 0.3) is 0 Å². The predicted octanol–water partition coefficient (Wildman–Crippen LogP) is 2.20. The monoisotopic (exact) mass is 524 g/mol. The maximum absolute atomic E-state index is 13.8. The number of likely N-dealkylation sites (tertiary alicyclic amines) is 2. The largest absolute Gasteiger partial charge is 0.444 e. The number of allylic oxidation sites excluding steroid dienone is 2. The Kier molecular flexibility index (Phi) is 7.04. The molecule has 0 unspecified atom stereocenters. The molecule has 2 heterocycles. The fourth-order valence-corrected chi connectivity index (χ4v) is 5.48. The molecule has 3 fully saturated rings. The van der Waals surface area contributed by atoms with Crippen LogP contribution in [-0.2, 0) is 14.3 Å². The quantitative estimate of drug-likeness (QED) is 0.552. The van der Waals surface area contributed by atoms with Crippen molar-refractivity contribution in [1.29, 1.82) is 0 Å². The van der Waals surface area contributed by atoms with E-state index in [2.05, 4.69) is 10.2 Å². The van der Waals surface area contributed by atoms with Crippen LogP contribution >= 0.6 is 0 Å². The summed E-state index contributed by atoms with van der Waals surface area (Å²) in [6.45, 7) is 7.01. The van der Waals surface area contributed by atoms with Crippen LogP contribution in [0.5, 0.6) is 0 Å². The van der Waals surface area contributed by atoms with E-state index in [0.29, 0.717) is 24.2 Å². The molecule has 1 aromatic rings. The minimum Gasteiger partial charge on any atom is -0.444 e. The summed E-state index contributed by atoms with van der Waals surface area (Å²) in [5.74, 6) is -0.888. The number of hydrogen-bond donors (Lipinski definition) is 1. The molecule has 1 aromatic carbocycles. The van der Waals surface area contributed by atoms with Crippen LogP contribution in [-0.4, -0.2) is 102 Å². The van der Waals surface area contributed by atoms with Crippen LogP contribution in [0.15, 0.2) is 35.7 Å². The van der Waals surface area contributed by atoms with Crippen molar-refractivity contribution < 1.29 is 28.7 Å². The average molecular weight is 525 g/mol. The Bertz CT molecular complexity index is 1180. The minimum atomic E-state index is -0.570. The topological polar surface area (TPSA) is 108 Å². The lowest BCUT2D eigenvalue weighted by atomic mass is 9.89. The van der Waals surface area contributed by atoms with Crippen molar-refractivity contribution in [3.8, 4) is 0 Å². The number of carbonyl (C=O) groups is 4. The third-order valence-electron chi connectivity index (χ3n) is 7.43. The Hall–Kier alpha value is -3.24. The fraction of sp³-hybridized carbons (Fsp3) is 0.571. The zero-order valence-corrected chi connectivity index (χ0v) is 22.5. The number of methoxy groups -OCH3 is 1. The predicted molar refractivity (Wildman–Crippen MR) is 139 cm³/mol. The molecule has 5 rings (SSSR count). The summed E-state index contributed by atoms with van der Waals surface area (Å²) in [5.41, 5.74) is 0.376. The number of piperazine rings is 1. The lowest BCUT2D eigenvalue weighted by Crippen LogP contribution is -2.53. The van der Waals surface area contributed by atoms with E-state index in [1.807, 2.05) is 20.8 Å². The maximum atomic E-state index is 13.8. The number of benzene rings is 1. The van der Waals surface area contributed by atoms with E-state index in [9.17, 15) is 19.2 Å². The standard InChI is InChI=1S/C28H36N4O6/c1-28(2,3)38-27(36)32-15-18-13-19(32)14-30(18)16-22(33)31(11-12-37-4)24-23(29-17-9-10-17)25(34)20-7-5-6-8-21(20)26(24)35/h5-8,17-19,29H,9-16H2,1-4H3/t18-,19+/m0/s1. The van der Waals surface area contributed by atoms with Gasteiger partial charge in [-0.05, 0) is 40.0 Å². The average Bonchev–Trinajstić information content (AvgIpc) is 3.47. The zero-order chi connectivity index (χ0) is 27.2. The SMILES string of the molecule is COCCN(C(=O)CN1C[C@H]2C[C@H]1CN2C(=O)OC(C)(C)C)C1=C(NC2CC2)C(=O)c2ccccc2C1=O. The first kappa shape index (κ1) is 26.4. The highest BCUT2D eigenvalue weighted by Crippen LogP contribution is 2.33. The summed E-state index contributed by atoms with van der Waals surface area (Å²) in [5, 5.41) is 3.24. The van der Waals surface area contributed by atoms with E-state index >= 15 is 0 Å². The highest BCUT2D eigenvalue weighted by atomic mass is 16.6. The van der Waals surface area contributed by atoms with Crippen molar-refractivity contribution in [2.45, 2.75) is 63.8 Å². The minimum absolute atomic E-state index is 0.0221. The molecule has 2 aliphatic carbocycles. The molecule has 10 heteroatoms. The third-order valence-corrected chi connectivity index (χ3v) is 7.43. The van der Waals surface area contributed by atoms with E-state index in [0.717, 1.165) is 19.3 Å². The molecule has 1 N–H and O–H groups in total. The van der Waals surface area contributed by atoms with Gasteiger partial charge in [0.25, 0.3) is 0 Å². The van der Waals surface area contributed by atoms with Gasteiger partial charge in [0, 0.05) is 56.0 Å². The second-order valence-electron chi connectivity index (χ2n) is 11.5. The molecule has 0 spiro atoms. The molecule has 2 atom stereocenters. The molecule has 2 bridgehead atoms. The first-order chi connectivity index (χ1) is 18.1. The smallest absolute Gasteiger partial charge is 0.410 e. The highest BCUT2D eigenvalue weighted by molar-refractivity contribution is 6.27. The van der Waals surface area contributed by atoms with Crippen molar-refractivity contribution in [3.05, 3.63) is 46.8 Å². The van der Waals surface area contributed by atoms with Crippen LogP contribution in [0.2, 0.25) is 0 Å². The second kappa shape index (κ2) is 10.1. The molecule has 4 aliphatic rings. The van der Waals surface area contributed by atoms with Gasteiger partial charge < -0.3 is 24.6 Å². The summed E-state index contributed by atoms with van der Waals surface area (Å²) in [7, 11) is 1.54. The Labute approximate surface area is 222 Å². The van der Waals surface area contributed by atoms with Crippen molar-refractivity contribution in [2.24, 2.45) is 0 Å². The van der Waals surface area contributed by atoms with Crippen molar-refractivity contribution in [3.63, 3.8) is 0 Å². The van der Waals surface area contributed by atoms with Gasteiger partial charge >= 0.3 is 6.09 Å². The van der Waals surface area contributed by atoms with Gasteiger partial charge in [-0.3, -0.25) is 19.3 Å². The number of nitrogens with one attached hydrogen (secondary N) is 1. The Morgan fingerprint density at radius 3 is 2.32 bits per heavy atom. The van der Waals surface area contributed by atoms with Gasteiger partial charge in [0.1, 0.15) is 17.0 Å². The summed E-state index contributed by atoms with van der Waals surface area (Å²) < 4.78 is 10.8. The zero-order valence-electron chi connectivity index (χ0n) is 22.5. The summed E-state index contributed by atoms with van der Waals surface area (Å²) in [6.07, 6.45) is 2.27. The molecular formula is C28H36N4O6. The molecule has 2 aliphatic heterocycles. The lowest BCUT2D eigenvalue weighted by Gasteiger charge is -2.36. The number of fused-ring (bicyclic) bond motifs is 3. The normalized spacial score (nSPS) is 23.1. The highest BCUT2D eigenvalue weighted by Gasteiger charge is 2.48. The number of ether oxygens (including phenoxy) is 2. The molecular weight excluding hydrogens is 488 g/mol. The fourth-order valence-electron chi connectivity index (χ4n) is 5.48. The van der Waals surface area contributed by atoms with Gasteiger partial charge in [0.05, 0.1) is 13.2 Å². The molecule has 2 amide bonds. The van der Waals surface area contributed by atoms with Crippen molar-refractivity contribution >= 4 is 23.6 Å². The lowest BCUT2D eigenvalue weighted by molar-refractivity contribution is -0.131. The van der Waals surface area contributed by atoms with Gasteiger partial charge in [0.15, 0.2) is 0 Å². The molecule has 10 nitrogen and oxygen atoms in total. The van der Waals surface area contributed by atoms with E-state index in [-0.39, 0.29) is 72.8 Å². The summed E-state index contributed by atoms with van der Waals surface area (Å²) in [6, 6.07) is 6.87. The Balaban J connectivity index is 1.37. The molecule has 0 aromatic heterocycles. The van der Waals surface area contributed by atoms with Gasteiger partial charge in [-0.25, -0.2) is 4.79 Å². The Morgan fingerprint density at radius 2 is 1.74 bits per heavy atom. The van der Waals surface area contributed by atoms with E-state index < -0.39 is 5.60 Å². The van der Waals surface area contributed by atoms with Crippen LogP contribution in [0.4, 0.5) is 4.79 Å². The molecule has 0 radical (unpaired) electrons. The number of Topliss-reactive ketones (excluding diaryl/α,β-unsaturated/α-hetero) is 2. The molecule has 2 saturated heterocycles. The number of ketones is 2. The molecule has 204 valence electrons. The van der Waals surface area contributed by atoms with Crippen LogP contribution in [0.1, 0.15) is 60.7 Å². The van der Waals surface area contributed by atoms with Crippen molar-refractivity contribution in [1.82, 2.24) is 20.0 Å². The third kappa shape index (κ3) is 5.19. The maximum Gasteiger partial charge on any atom is 0.410 e. The summed E-state index contributed by atoms with van der Waals surface area (Å²) >= 11 is 0. The number of carbonyl (C=O) groups excluding carboxylic acids is 4. The van der Waals surface area contributed by atoms with Gasteiger partial charge in [-0.1, -0.05) is 24.3 Å². The van der Waals surface area contributed by atoms with Crippen molar-refractivity contribution in [2.75, 3.05) is 39.9 Å². The first-order valence-electron chi connectivity index (χ1n) is 13.3. The number of hydrogen-bond acceptors (Lipinski definition) is 8. The van der Waals surface area contributed by atoms with Crippen LogP contribution < -0.4 is 5.32 Å². The van der Waals surface area contributed by atoms with Gasteiger partial charge in [0.2, 0.25) is 17.5 Å². The number of nitrogens with zero attached hydrogens (tertiary/aromatic N) is 3. The number of amides is 2. The van der Waals surface area contributed by atoms with E-state index in [1.54, 1.807) is 29.2 Å². The van der Waals surface area contributed by atoms with Gasteiger partial charge in [-0.2, -0.15) is 0 Å². The Morgan fingerprint density at radius 1 is 1.05 bits per heavy atom. The second-order valence-corrected chi connectivity index (χ2v) is 11.5. The molecule has 1 saturated carbocycles. The molecule has 38 heavy (non-hydrogen) atoms.